The highest BCUT2D eigenvalue weighted by atomic mass is 19.3. The van der Waals surface area contributed by atoms with Crippen LogP contribution in [0.1, 0.15) is 72.2 Å². The second-order valence-electron chi connectivity index (χ2n) is 7.18. The van der Waals surface area contributed by atoms with Gasteiger partial charge >= 0.3 is 0 Å². The van der Waals surface area contributed by atoms with Crippen molar-refractivity contribution in [3.8, 4) is 0 Å². The number of fused-ring (bicyclic) bond motifs is 1. The van der Waals surface area contributed by atoms with Crippen LogP contribution >= 0.6 is 0 Å². The summed E-state index contributed by atoms with van der Waals surface area (Å²) in [5.41, 5.74) is 0.838. The van der Waals surface area contributed by atoms with Gasteiger partial charge in [-0.05, 0) is 38.8 Å². The molecule has 0 aliphatic carbocycles. The van der Waals surface area contributed by atoms with Gasteiger partial charge in [0.15, 0.2) is 5.82 Å². The smallest absolute Gasteiger partial charge is 0.280 e. The number of rotatable bonds is 3. The average molecular weight is 434 g/mol. The minimum atomic E-state index is -2.74. The molecule has 0 aromatic carbocycles. The normalized spacial score (nSPS) is 16.4. The quantitative estimate of drug-likeness (QED) is 0.616. The van der Waals surface area contributed by atoms with Crippen LogP contribution in [0.2, 0.25) is 0 Å². The van der Waals surface area contributed by atoms with E-state index in [9.17, 15) is 18.0 Å². The summed E-state index contributed by atoms with van der Waals surface area (Å²) in [6.07, 6.45) is -0.148. The minimum Gasteiger partial charge on any atom is -0.338 e. The van der Waals surface area contributed by atoms with Crippen LogP contribution in [0.15, 0.2) is 18.5 Å². The van der Waals surface area contributed by atoms with Gasteiger partial charge in [-0.15, -0.1) is 0 Å². The third-order valence-electron chi connectivity index (χ3n) is 5.13. The Hall–Kier alpha value is -3.04. The highest BCUT2D eigenvalue weighted by Crippen LogP contribution is 2.30. The van der Waals surface area contributed by atoms with Gasteiger partial charge < -0.3 is 4.90 Å². The molecule has 3 aromatic heterocycles. The first-order chi connectivity index (χ1) is 14.8. The molecule has 31 heavy (non-hydrogen) atoms. The fourth-order valence-corrected chi connectivity index (χ4v) is 3.80. The fraction of sp³-hybridized carbons (Fsp3) is 0.476. The maximum absolute atomic E-state index is 14.5. The van der Waals surface area contributed by atoms with Gasteiger partial charge in [0.1, 0.15) is 12.0 Å². The van der Waals surface area contributed by atoms with E-state index in [0.717, 1.165) is 0 Å². The standard InChI is InChI=1S/C19H19F3N6O.C2H6/c1-10-6-13(16(20)11(2)25-10)18(29)27-5-3-4-12(8-27)15-7-14(17(21)22)26-19-23-9-24-28(15)19;1-2/h6-7,9,12,17H,3-5,8H2,1-2H3;1-2H3. The number of alkyl halides is 2. The summed E-state index contributed by atoms with van der Waals surface area (Å²) < 4.78 is 42.4. The molecule has 1 amide bonds. The van der Waals surface area contributed by atoms with Crippen LogP contribution in [0.25, 0.3) is 5.78 Å². The van der Waals surface area contributed by atoms with Gasteiger partial charge in [-0.1, -0.05) is 13.8 Å². The Morgan fingerprint density at radius 1 is 1.19 bits per heavy atom. The fourth-order valence-electron chi connectivity index (χ4n) is 3.80. The van der Waals surface area contributed by atoms with Crippen molar-refractivity contribution in [2.75, 3.05) is 13.1 Å². The van der Waals surface area contributed by atoms with Crippen LogP contribution in [0.4, 0.5) is 13.2 Å². The largest absolute Gasteiger partial charge is 0.338 e. The molecule has 7 nitrogen and oxygen atoms in total. The number of piperidine rings is 1. The number of aromatic nitrogens is 5. The van der Waals surface area contributed by atoms with Gasteiger partial charge in [-0.3, -0.25) is 9.78 Å². The summed E-state index contributed by atoms with van der Waals surface area (Å²) in [4.78, 5) is 26.3. The number of amides is 1. The third kappa shape index (κ3) is 4.52. The molecule has 4 heterocycles. The van der Waals surface area contributed by atoms with Crippen molar-refractivity contribution >= 4 is 11.7 Å². The number of likely N-dealkylation sites (tertiary alicyclic amines) is 1. The average Bonchev–Trinajstić information content (AvgIpc) is 3.25. The molecule has 1 unspecified atom stereocenters. The first kappa shape index (κ1) is 22.6. The predicted octanol–water partition coefficient (Wildman–Crippen LogP) is 4.26. The first-order valence-electron chi connectivity index (χ1n) is 10.3. The zero-order valence-corrected chi connectivity index (χ0v) is 17.9. The maximum Gasteiger partial charge on any atom is 0.280 e. The topological polar surface area (TPSA) is 76.3 Å². The van der Waals surface area contributed by atoms with Gasteiger partial charge in [0.25, 0.3) is 18.1 Å². The molecule has 0 radical (unpaired) electrons. The number of nitrogens with zero attached hydrogens (tertiary/aromatic N) is 6. The van der Waals surface area contributed by atoms with E-state index in [1.807, 2.05) is 13.8 Å². The van der Waals surface area contributed by atoms with Crippen molar-refractivity contribution in [3.05, 3.63) is 52.6 Å². The number of hydrogen-bond donors (Lipinski definition) is 0. The number of aryl methyl sites for hydroxylation is 2. The van der Waals surface area contributed by atoms with Gasteiger partial charge in [0.2, 0.25) is 0 Å². The van der Waals surface area contributed by atoms with Crippen molar-refractivity contribution in [2.24, 2.45) is 0 Å². The third-order valence-corrected chi connectivity index (χ3v) is 5.13. The lowest BCUT2D eigenvalue weighted by molar-refractivity contribution is 0.0699. The van der Waals surface area contributed by atoms with E-state index in [0.29, 0.717) is 30.8 Å². The second kappa shape index (κ2) is 9.40. The lowest BCUT2D eigenvalue weighted by atomic mass is 9.93. The van der Waals surface area contributed by atoms with E-state index in [1.54, 1.807) is 11.8 Å². The van der Waals surface area contributed by atoms with E-state index in [4.69, 9.17) is 0 Å². The molecule has 0 spiro atoms. The van der Waals surface area contributed by atoms with Crippen LogP contribution in [-0.4, -0.2) is 48.5 Å². The summed E-state index contributed by atoms with van der Waals surface area (Å²) in [6.45, 7) is 7.94. The second-order valence-corrected chi connectivity index (χ2v) is 7.18. The molecule has 1 atom stereocenters. The van der Waals surface area contributed by atoms with Gasteiger partial charge in [0, 0.05) is 24.7 Å². The number of carbonyl (C=O) groups excluding carboxylic acids is 1. The molecule has 3 aromatic rings. The van der Waals surface area contributed by atoms with Crippen molar-refractivity contribution in [1.29, 1.82) is 0 Å². The molecule has 0 bridgehead atoms. The molecular weight excluding hydrogens is 409 g/mol. The van der Waals surface area contributed by atoms with Crippen LogP contribution in [0.5, 0.6) is 0 Å². The van der Waals surface area contributed by atoms with Crippen LogP contribution in [0, 0.1) is 19.7 Å². The highest BCUT2D eigenvalue weighted by Gasteiger charge is 2.30. The van der Waals surface area contributed by atoms with E-state index < -0.39 is 18.1 Å². The summed E-state index contributed by atoms with van der Waals surface area (Å²) in [7, 11) is 0. The Morgan fingerprint density at radius 3 is 2.65 bits per heavy atom. The molecule has 0 N–H and O–H groups in total. The van der Waals surface area contributed by atoms with E-state index in [2.05, 4.69) is 20.1 Å². The molecular formula is C21H25F3N6O. The summed E-state index contributed by atoms with van der Waals surface area (Å²) >= 11 is 0. The zero-order chi connectivity index (χ0) is 22.7. The van der Waals surface area contributed by atoms with Gasteiger partial charge in [0.05, 0.1) is 17.0 Å². The molecule has 1 fully saturated rings. The molecule has 1 aliphatic rings. The summed E-state index contributed by atoms with van der Waals surface area (Å²) in [5, 5.41) is 4.09. The van der Waals surface area contributed by atoms with Crippen molar-refractivity contribution in [2.45, 2.75) is 52.9 Å². The number of carbonyl (C=O) groups is 1. The van der Waals surface area contributed by atoms with E-state index in [1.165, 1.54) is 29.9 Å². The number of halogens is 3. The van der Waals surface area contributed by atoms with Crippen molar-refractivity contribution in [3.63, 3.8) is 0 Å². The van der Waals surface area contributed by atoms with Gasteiger partial charge in [-0.25, -0.2) is 22.7 Å². The Morgan fingerprint density at radius 2 is 1.94 bits per heavy atom. The summed E-state index contributed by atoms with van der Waals surface area (Å²) in [6, 6.07) is 2.75. The minimum absolute atomic E-state index is 0.0236. The van der Waals surface area contributed by atoms with Gasteiger partial charge in [-0.2, -0.15) is 10.1 Å². The Bertz CT molecular complexity index is 1080. The lowest BCUT2D eigenvalue weighted by Gasteiger charge is -2.33. The molecule has 1 saturated heterocycles. The van der Waals surface area contributed by atoms with Crippen LogP contribution in [0.3, 0.4) is 0 Å². The van der Waals surface area contributed by atoms with Crippen LogP contribution < -0.4 is 0 Å². The van der Waals surface area contributed by atoms with E-state index in [-0.39, 0.29) is 35.2 Å². The molecule has 0 saturated carbocycles. The SMILES string of the molecule is CC.Cc1cc(C(=O)N2CCCC(c3cc(C(F)F)nc4ncnn34)C2)c(F)c(C)n1. The molecule has 10 heteroatoms. The van der Waals surface area contributed by atoms with Crippen LogP contribution in [-0.2, 0) is 0 Å². The molecule has 4 rings (SSSR count). The first-order valence-corrected chi connectivity index (χ1v) is 10.3. The van der Waals surface area contributed by atoms with Crippen molar-refractivity contribution in [1.82, 2.24) is 29.5 Å². The number of pyridine rings is 1. The zero-order valence-electron chi connectivity index (χ0n) is 17.9. The molecule has 166 valence electrons. The van der Waals surface area contributed by atoms with Crippen molar-refractivity contribution < 1.29 is 18.0 Å². The Labute approximate surface area is 178 Å². The molecule has 1 aliphatic heterocycles. The monoisotopic (exact) mass is 434 g/mol. The highest BCUT2D eigenvalue weighted by molar-refractivity contribution is 5.94. The Kier molecular flexibility index (Phi) is 6.87. The van der Waals surface area contributed by atoms with E-state index >= 15 is 0 Å². The maximum atomic E-state index is 14.5. The number of hydrogen-bond acceptors (Lipinski definition) is 5. The lowest BCUT2D eigenvalue weighted by Crippen LogP contribution is -2.40. The predicted molar refractivity (Wildman–Crippen MR) is 109 cm³/mol. The Balaban J connectivity index is 0.00000132. The summed E-state index contributed by atoms with van der Waals surface area (Å²) in [5.74, 6) is -1.22.